The van der Waals surface area contributed by atoms with Crippen LogP contribution in [-0.4, -0.2) is 27.4 Å². The minimum Gasteiger partial charge on any atom is -0.493 e. The Morgan fingerprint density at radius 1 is 1.32 bits per heavy atom. The predicted molar refractivity (Wildman–Crippen MR) is 86.4 cm³/mol. The van der Waals surface area contributed by atoms with Gasteiger partial charge in [0.2, 0.25) is 5.88 Å². The summed E-state index contributed by atoms with van der Waals surface area (Å²) in [6, 6.07) is 7.11. The van der Waals surface area contributed by atoms with E-state index in [0.717, 1.165) is 23.0 Å². The van der Waals surface area contributed by atoms with Gasteiger partial charge in [0, 0.05) is 12.8 Å². The van der Waals surface area contributed by atoms with Crippen molar-refractivity contribution in [1.82, 2.24) is 9.55 Å². The summed E-state index contributed by atoms with van der Waals surface area (Å²) in [7, 11) is 0. The van der Waals surface area contributed by atoms with Crippen LogP contribution in [0.1, 0.15) is 30.9 Å². The number of benzene rings is 1. The third-order valence-corrected chi connectivity index (χ3v) is 3.34. The van der Waals surface area contributed by atoms with Gasteiger partial charge in [-0.3, -0.25) is 14.8 Å². The number of aromatic nitrogens is 2. The number of aromatic amines is 1. The van der Waals surface area contributed by atoms with Gasteiger partial charge >= 0.3 is 5.69 Å². The number of nitrogens with one attached hydrogen (secondary N) is 1. The van der Waals surface area contributed by atoms with Crippen molar-refractivity contribution < 1.29 is 5.11 Å². The maximum absolute atomic E-state index is 12.0. The van der Waals surface area contributed by atoms with Crippen LogP contribution in [0, 0.1) is 6.92 Å². The molecule has 0 saturated carbocycles. The molecule has 2 N–H and O–H groups in total. The van der Waals surface area contributed by atoms with E-state index >= 15 is 0 Å². The van der Waals surface area contributed by atoms with Crippen LogP contribution in [0.2, 0.25) is 0 Å². The van der Waals surface area contributed by atoms with Crippen LogP contribution in [0.5, 0.6) is 5.88 Å². The molecule has 0 unspecified atom stereocenters. The molecule has 0 aliphatic carbocycles. The molecule has 116 valence electrons. The predicted octanol–water partition coefficient (Wildman–Crippen LogP) is 1.76. The standard InChI is InChI=1S/C16H19N3O3/c1-3-4-9-17-10-12-14(20)18-16(22)19(15(12)21)13-8-6-5-7-11(13)2/h5-8,10,21H,3-4,9H2,1-2H3,(H,18,20,22). The molecular weight excluding hydrogens is 282 g/mol. The highest BCUT2D eigenvalue weighted by Gasteiger charge is 2.15. The Morgan fingerprint density at radius 2 is 2.05 bits per heavy atom. The van der Waals surface area contributed by atoms with Gasteiger partial charge in [0.1, 0.15) is 5.56 Å². The number of nitrogens with zero attached hydrogens (tertiary/aromatic N) is 2. The molecular formula is C16H19N3O3. The Morgan fingerprint density at radius 3 is 2.73 bits per heavy atom. The van der Waals surface area contributed by atoms with Crippen molar-refractivity contribution in [3.05, 3.63) is 56.2 Å². The Balaban J connectivity index is 2.57. The van der Waals surface area contributed by atoms with Gasteiger partial charge in [0.05, 0.1) is 5.69 Å². The average Bonchev–Trinajstić information content (AvgIpc) is 2.48. The maximum atomic E-state index is 12.0. The van der Waals surface area contributed by atoms with Crippen LogP contribution >= 0.6 is 0 Å². The molecule has 2 rings (SSSR count). The fourth-order valence-corrected chi connectivity index (χ4v) is 2.10. The lowest BCUT2D eigenvalue weighted by atomic mass is 10.2. The van der Waals surface area contributed by atoms with Gasteiger partial charge in [-0.25, -0.2) is 9.36 Å². The summed E-state index contributed by atoms with van der Waals surface area (Å²) in [5.41, 5.74) is -0.0145. The first-order chi connectivity index (χ1) is 10.6. The van der Waals surface area contributed by atoms with Crippen molar-refractivity contribution in [3.63, 3.8) is 0 Å². The zero-order valence-corrected chi connectivity index (χ0v) is 12.7. The fourth-order valence-electron chi connectivity index (χ4n) is 2.10. The monoisotopic (exact) mass is 301 g/mol. The van der Waals surface area contributed by atoms with E-state index < -0.39 is 17.1 Å². The van der Waals surface area contributed by atoms with E-state index in [-0.39, 0.29) is 5.56 Å². The molecule has 2 aromatic rings. The van der Waals surface area contributed by atoms with Crippen molar-refractivity contribution in [3.8, 4) is 11.6 Å². The normalized spacial score (nSPS) is 11.2. The van der Waals surface area contributed by atoms with Gasteiger partial charge in [-0.05, 0) is 25.0 Å². The second-order valence-electron chi connectivity index (χ2n) is 5.01. The molecule has 22 heavy (non-hydrogen) atoms. The summed E-state index contributed by atoms with van der Waals surface area (Å²) in [4.78, 5) is 30.3. The van der Waals surface area contributed by atoms with Crippen molar-refractivity contribution in [2.45, 2.75) is 26.7 Å². The molecule has 0 aliphatic rings. The third kappa shape index (κ3) is 3.16. The minimum atomic E-state index is -0.678. The van der Waals surface area contributed by atoms with Crippen LogP contribution in [0.25, 0.3) is 5.69 Å². The zero-order chi connectivity index (χ0) is 16.1. The summed E-state index contributed by atoms with van der Waals surface area (Å²) in [5, 5.41) is 10.3. The first-order valence-electron chi connectivity index (χ1n) is 7.20. The summed E-state index contributed by atoms with van der Waals surface area (Å²) in [6.45, 7) is 4.43. The quantitative estimate of drug-likeness (QED) is 0.651. The average molecular weight is 301 g/mol. The molecule has 0 atom stereocenters. The smallest absolute Gasteiger partial charge is 0.335 e. The fraction of sp³-hybridized carbons (Fsp3) is 0.312. The van der Waals surface area contributed by atoms with Crippen LogP contribution in [0.15, 0.2) is 38.8 Å². The molecule has 1 heterocycles. The van der Waals surface area contributed by atoms with E-state index in [4.69, 9.17) is 0 Å². The van der Waals surface area contributed by atoms with Crippen LogP contribution in [-0.2, 0) is 0 Å². The minimum absolute atomic E-state index is 0.0149. The maximum Gasteiger partial charge on any atom is 0.335 e. The Hall–Kier alpha value is -2.63. The van der Waals surface area contributed by atoms with Gasteiger partial charge in [-0.15, -0.1) is 0 Å². The molecule has 6 nitrogen and oxygen atoms in total. The lowest BCUT2D eigenvalue weighted by molar-refractivity contribution is 0.430. The summed E-state index contributed by atoms with van der Waals surface area (Å²) < 4.78 is 1.08. The van der Waals surface area contributed by atoms with Gasteiger partial charge in [0.25, 0.3) is 5.56 Å². The van der Waals surface area contributed by atoms with E-state index in [0.29, 0.717) is 12.2 Å². The highest BCUT2D eigenvalue weighted by Crippen LogP contribution is 2.18. The SMILES string of the molecule is CCCCN=Cc1c(O)n(-c2ccccc2C)c(=O)[nH]c1=O. The third-order valence-electron chi connectivity index (χ3n) is 3.34. The number of rotatable bonds is 5. The number of H-pyrrole nitrogens is 1. The van der Waals surface area contributed by atoms with Crippen LogP contribution in [0.4, 0.5) is 0 Å². The molecule has 6 heteroatoms. The Bertz CT molecular complexity index is 803. The molecule has 0 saturated heterocycles. The Kier molecular flexibility index (Phi) is 4.93. The number of para-hydroxylation sites is 1. The van der Waals surface area contributed by atoms with E-state index in [1.807, 2.05) is 26.0 Å². The van der Waals surface area contributed by atoms with Gasteiger partial charge in [0.15, 0.2) is 0 Å². The lowest BCUT2D eigenvalue weighted by Crippen LogP contribution is -2.31. The molecule has 0 fully saturated rings. The second-order valence-corrected chi connectivity index (χ2v) is 5.01. The van der Waals surface area contributed by atoms with Gasteiger partial charge < -0.3 is 5.11 Å². The van der Waals surface area contributed by atoms with E-state index in [1.165, 1.54) is 6.21 Å². The van der Waals surface area contributed by atoms with E-state index in [2.05, 4.69) is 9.98 Å². The molecule has 0 radical (unpaired) electrons. The molecule has 1 aromatic carbocycles. The molecule has 0 aliphatic heterocycles. The lowest BCUT2D eigenvalue weighted by Gasteiger charge is -2.11. The number of aliphatic imine (C=N–C) groups is 1. The summed E-state index contributed by atoms with van der Waals surface area (Å²) in [5.74, 6) is -0.400. The van der Waals surface area contributed by atoms with Crippen LogP contribution in [0.3, 0.4) is 0 Å². The second kappa shape index (κ2) is 6.89. The number of aromatic hydroxyl groups is 1. The largest absolute Gasteiger partial charge is 0.493 e. The van der Waals surface area contributed by atoms with Crippen molar-refractivity contribution in [2.75, 3.05) is 6.54 Å². The van der Waals surface area contributed by atoms with Crippen molar-refractivity contribution >= 4 is 6.21 Å². The van der Waals surface area contributed by atoms with Gasteiger partial charge in [-0.2, -0.15) is 0 Å². The van der Waals surface area contributed by atoms with Gasteiger partial charge in [-0.1, -0.05) is 31.5 Å². The summed E-state index contributed by atoms with van der Waals surface area (Å²) in [6.07, 6.45) is 3.20. The van der Waals surface area contributed by atoms with Crippen molar-refractivity contribution in [1.29, 1.82) is 0 Å². The first-order valence-corrected chi connectivity index (χ1v) is 7.20. The first kappa shape index (κ1) is 15.8. The van der Waals surface area contributed by atoms with E-state index in [9.17, 15) is 14.7 Å². The highest BCUT2D eigenvalue weighted by atomic mass is 16.3. The number of hydrogen-bond acceptors (Lipinski definition) is 4. The molecule has 0 amide bonds. The molecule has 1 aromatic heterocycles. The molecule has 0 bridgehead atoms. The zero-order valence-electron chi connectivity index (χ0n) is 12.7. The number of aryl methyl sites for hydroxylation is 1. The number of unbranched alkanes of at least 4 members (excludes halogenated alkanes) is 1. The van der Waals surface area contributed by atoms with Crippen molar-refractivity contribution in [2.24, 2.45) is 4.99 Å². The Labute approximate surface area is 127 Å². The van der Waals surface area contributed by atoms with E-state index in [1.54, 1.807) is 12.1 Å². The topological polar surface area (TPSA) is 87.4 Å². The highest BCUT2D eigenvalue weighted by molar-refractivity contribution is 5.82. The van der Waals surface area contributed by atoms with Crippen LogP contribution < -0.4 is 11.2 Å². The number of hydrogen-bond donors (Lipinski definition) is 2. The molecule has 0 spiro atoms. The summed E-state index contributed by atoms with van der Waals surface area (Å²) >= 11 is 0.